The Morgan fingerprint density at radius 3 is 2.94 bits per heavy atom. The van der Waals surface area contributed by atoms with E-state index in [4.69, 9.17) is 10.3 Å². The molecule has 0 unspecified atom stereocenters. The first-order valence-electron chi connectivity index (χ1n) is 5.14. The highest BCUT2D eigenvalue weighted by Crippen LogP contribution is 2.26. The molecule has 0 bridgehead atoms. The molecule has 8 heteroatoms. The van der Waals surface area contributed by atoms with E-state index in [9.17, 15) is 14.5 Å². The van der Waals surface area contributed by atoms with Gasteiger partial charge in [0.15, 0.2) is 11.6 Å². The summed E-state index contributed by atoms with van der Waals surface area (Å²) < 4.78 is 18.6. The summed E-state index contributed by atoms with van der Waals surface area (Å²) in [4.78, 5) is 12.5. The highest BCUT2D eigenvalue weighted by Gasteiger charge is 2.16. The summed E-state index contributed by atoms with van der Waals surface area (Å²) in [5.41, 5.74) is 8.08. The molecular weight excluding hydrogens is 243 g/mol. The summed E-state index contributed by atoms with van der Waals surface area (Å²) in [5.74, 6) is -0.824. The molecule has 0 heterocycles. The van der Waals surface area contributed by atoms with Gasteiger partial charge in [0, 0.05) is 17.0 Å². The Balaban J connectivity index is 2.70. The van der Waals surface area contributed by atoms with Crippen LogP contribution in [0.3, 0.4) is 0 Å². The van der Waals surface area contributed by atoms with Gasteiger partial charge in [-0.15, -0.1) is 0 Å². The molecule has 0 saturated carbocycles. The van der Waals surface area contributed by atoms with Crippen molar-refractivity contribution in [3.05, 3.63) is 44.1 Å². The van der Waals surface area contributed by atoms with Gasteiger partial charge in [-0.25, -0.2) is 4.39 Å². The number of benzene rings is 1. The van der Waals surface area contributed by atoms with Gasteiger partial charge in [0.05, 0.1) is 17.6 Å². The minimum Gasteiger partial charge on any atom is -0.491 e. The lowest BCUT2D eigenvalue weighted by atomic mass is 10.2. The fraction of sp³-hybridized carbons (Fsp3) is 0.400. The molecule has 7 nitrogen and oxygen atoms in total. The molecule has 0 radical (unpaired) electrons. The lowest BCUT2D eigenvalue weighted by Gasteiger charge is -2.07. The largest absolute Gasteiger partial charge is 0.491 e. The maximum Gasteiger partial charge on any atom is 0.275 e. The van der Waals surface area contributed by atoms with Crippen LogP contribution >= 0.6 is 0 Å². The Labute approximate surface area is 102 Å². The number of hydrogen-bond donors (Lipinski definition) is 0. The zero-order chi connectivity index (χ0) is 13.5. The standard InChI is InChI=1S/C10H11FN4O3/c1-7-5-10(18-4-2-3-13-14-12)8(11)6-9(7)15(16)17/h5-6H,2-4H2,1H3. The Kier molecular flexibility index (Phi) is 4.89. The van der Waals surface area contributed by atoms with Crippen LogP contribution in [0.2, 0.25) is 0 Å². The van der Waals surface area contributed by atoms with E-state index in [0.717, 1.165) is 6.07 Å². The third kappa shape index (κ3) is 3.60. The smallest absolute Gasteiger partial charge is 0.275 e. The van der Waals surface area contributed by atoms with E-state index in [-0.39, 0.29) is 24.6 Å². The maximum absolute atomic E-state index is 13.5. The quantitative estimate of drug-likeness (QED) is 0.194. The van der Waals surface area contributed by atoms with Gasteiger partial charge < -0.3 is 4.74 Å². The second-order valence-electron chi connectivity index (χ2n) is 3.48. The monoisotopic (exact) mass is 254 g/mol. The number of aryl methyl sites for hydroxylation is 1. The van der Waals surface area contributed by atoms with E-state index in [1.807, 2.05) is 0 Å². The third-order valence-electron chi connectivity index (χ3n) is 2.17. The van der Waals surface area contributed by atoms with E-state index >= 15 is 0 Å². The zero-order valence-electron chi connectivity index (χ0n) is 9.67. The van der Waals surface area contributed by atoms with Crippen molar-refractivity contribution >= 4 is 5.69 Å². The number of nitro benzene ring substituents is 1. The Morgan fingerprint density at radius 2 is 2.33 bits per heavy atom. The Hall–Kier alpha value is -2.34. The number of hydrogen-bond acceptors (Lipinski definition) is 4. The van der Waals surface area contributed by atoms with Gasteiger partial charge in [0.25, 0.3) is 5.69 Å². The highest BCUT2D eigenvalue weighted by atomic mass is 19.1. The molecule has 0 fully saturated rings. The topological polar surface area (TPSA) is 101 Å². The molecule has 0 atom stereocenters. The van der Waals surface area contributed by atoms with E-state index in [1.165, 1.54) is 13.0 Å². The molecule has 0 aromatic heterocycles. The predicted molar refractivity (Wildman–Crippen MR) is 61.9 cm³/mol. The van der Waals surface area contributed by atoms with Gasteiger partial charge >= 0.3 is 0 Å². The van der Waals surface area contributed by atoms with E-state index in [0.29, 0.717) is 12.0 Å². The van der Waals surface area contributed by atoms with Gasteiger partial charge in [-0.2, -0.15) is 0 Å². The Bertz CT molecular complexity index is 500. The van der Waals surface area contributed by atoms with Gasteiger partial charge in [0.2, 0.25) is 0 Å². The van der Waals surface area contributed by atoms with Gasteiger partial charge in [-0.05, 0) is 24.9 Å². The fourth-order valence-electron chi connectivity index (χ4n) is 1.31. The van der Waals surface area contributed by atoms with Crippen molar-refractivity contribution in [2.24, 2.45) is 5.11 Å². The Morgan fingerprint density at radius 1 is 1.61 bits per heavy atom. The van der Waals surface area contributed by atoms with Crippen LogP contribution < -0.4 is 4.74 Å². The molecule has 0 saturated heterocycles. The summed E-state index contributed by atoms with van der Waals surface area (Å²) in [6, 6.07) is 2.11. The molecule has 1 aromatic carbocycles. The van der Waals surface area contributed by atoms with E-state index in [2.05, 4.69) is 10.0 Å². The van der Waals surface area contributed by atoms with Crippen molar-refractivity contribution < 1.29 is 14.1 Å². The molecule has 96 valence electrons. The lowest BCUT2D eigenvalue weighted by Crippen LogP contribution is -2.02. The van der Waals surface area contributed by atoms with Crippen molar-refractivity contribution in [1.82, 2.24) is 0 Å². The summed E-state index contributed by atoms with van der Waals surface area (Å²) in [5, 5.41) is 13.9. The average Bonchev–Trinajstić information content (AvgIpc) is 2.32. The number of azide groups is 1. The normalized spacial score (nSPS) is 9.67. The highest BCUT2D eigenvalue weighted by molar-refractivity contribution is 5.45. The second kappa shape index (κ2) is 6.41. The molecule has 0 N–H and O–H groups in total. The van der Waals surface area contributed by atoms with Crippen LogP contribution in [0.25, 0.3) is 10.4 Å². The van der Waals surface area contributed by atoms with Crippen molar-refractivity contribution in [3.8, 4) is 5.75 Å². The minimum atomic E-state index is -0.781. The third-order valence-corrected chi connectivity index (χ3v) is 2.17. The molecule has 0 spiro atoms. The number of nitrogens with zero attached hydrogens (tertiary/aromatic N) is 4. The van der Waals surface area contributed by atoms with Crippen LogP contribution in [0.1, 0.15) is 12.0 Å². The average molecular weight is 254 g/mol. The van der Waals surface area contributed by atoms with Crippen molar-refractivity contribution in [2.75, 3.05) is 13.2 Å². The van der Waals surface area contributed by atoms with E-state index < -0.39 is 10.7 Å². The number of rotatable bonds is 6. The molecule has 0 aliphatic carbocycles. The minimum absolute atomic E-state index is 0.0426. The summed E-state index contributed by atoms with van der Waals surface area (Å²) in [6.45, 7) is 1.93. The summed E-state index contributed by atoms with van der Waals surface area (Å²) in [7, 11) is 0. The SMILES string of the molecule is Cc1cc(OCCCN=[N+]=[N-])c(F)cc1[N+](=O)[O-]. The van der Waals surface area contributed by atoms with Crippen molar-refractivity contribution in [1.29, 1.82) is 0 Å². The van der Waals surface area contributed by atoms with Gasteiger partial charge in [0.1, 0.15) is 0 Å². The lowest BCUT2D eigenvalue weighted by molar-refractivity contribution is -0.385. The van der Waals surface area contributed by atoms with Crippen LogP contribution in [0.15, 0.2) is 17.2 Å². The molecule has 1 rings (SSSR count). The maximum atomic E-state index is 13.5. The van der Waals surface area contributed by atoms with Crippen molar-refractivity contribution in [3.63, 3.8) is 0 Å². The van der Waals surface area contributed by atoms with Crippen LogP contribution in [0.5, 0.6) is 5.75 Å². The van der Waals surface area contributed by atoms with Crippen LogP contribution in [0.4, 0.5) is 10.1 Å². The number of ether oxygens (including phenoxy) is 1. The molecule has 0 aliphatic heterocycles. The first-order valence-corrected chi connectivity index (χ1v) is 5.14. The molecule has 0 aliphatic rings. The second-order valence-corrected chi connectivity index (χ2v) is 3.48. The summed E-state index contributed by atoms with van der Waals surface area (Å²) in [6.07, 6.45) is 0.444. The van der Waals surface area contributed by atoms with Crippen LogP contribution in [0, 0.1) is 22.9 Å². The first kappa shape index (κ1) is 13.7. The molecule has 18 heavy (non-hydrogen) atoms. The summed E-state index contributed by atoms with van der Waals surface area (Å²) >= 11 is 0. The van der Waals surface area contributed by atoms with Crippen LogP contribution in [-0.2, 0) is 0 Å². The fourth-order valence-corrected chi connectivity index (χ4v) is 1.31. The predicted octanol–water partition coefficient (Wildman–Crippen LogP) is 3.12. The number of halogens is 1. The van der Waals surface area contributed by atoms with Gasteiger partial charge in [-0.1, -0.05) is 5.11 Å². The van der Waals surface area contributed by atoms with Crippen LogP contribution in [-0.4, -0.2) is 18.1 Å². The van der Waals surface area contributed by atoms with Crippen molar-refractivity contribution in [2.45, 2.75) is 13.3 Å². The molecular formula is C10H11FN4O3. The first-order chi connectivity index (χ1) is 8.56. The molecule has 1 aromatic rings. The van der Waals surface area contributed by atoms with Gasteiger partial charge in [-0.3, -0.25) is 10.1 Å². The van der Waals surface area contributed by atoms with E-state index in [1.54, 1.807) is 0 Å². The zero-order valence-corrected chi connectivity index (χ0v) is 9.67. The number of nitro groups is 1. The molecule has 0 amide bonds.